The first kappa shape index (κ1) is 17.5. The van der Waals surface area contributed by atoms with E-state index in [0.29, 0.717) is 10.2 Å². The molecule has 0 aliphatic carbocycles. The molecule has 2 aromatic carbocycles. The fourth-order valence-corrected chi connectivity index (χ4v) is 3.66. The van der Waals surface area contributed by atoms with Gasteiger partial charge in [-0.3, -0.25) is 4.98 Å². The molecule has 2 heterocycles. The number of hydrogen-bond acceptors (Lipinski definition) is 6. The minimum atomic E-state index is 0.692. The number of rotatable bonds is 5. The van der Waals surface area contributed by atoms with Crippen molar-refractivity contribution in [1.82, 2.24) is 15.2 Å². The number of halogens is 1. The molecule has 0 saturated heterocycles. The van der Waals surface area contributed by atoms with Gasteiger partial charge in [-0.2, -0.15) is 0 Å². The number of pyridine rings is 1. The minimum absolute atomic E-state index is 0.692. The lowest BCUT2D eigenvalue weighted by atomic mass is 10.00. The zero-order valence-corrected chi connectivity index (χ0v) is 16.0. The molecule has 0 radical (unpaired) electrons. The quantitative estimate of drug-likeness (QED) is 0.472. The molecule has 2 aromatic heterocycles. The van der Waals surface area contributed by atoms with E-state index in [4.69, 9.17) is 16.3 Å². The lowest BCUT2D eigenvalue weighted by Gasteiger charge is -2.12. The number of ether oxygens (including phenoxy) is 1. The monoisotopic (exact) mass is 394 g/mol. The van der Waals surface area contributed by atoms with E-state index < -0.39 is 0 Å². The normalized spacial score (nSPS) is 10.6. The number of hydrogen-bond donors (Lipinski definition) is 1. The van der Waals surface area contributed by atoms with Crippen molar-refractivity contribution in [2.24, 2.45) is 0 Å². The number of aromatic nitrogens is 3. The van der Waals surface area contributed by atoms with Gasteiger partial charge in [-0.1, -0.05) is 35.1 Å². The summed E-state index contributed by atoms with van der Waals surface area (Å²) < 4.78 is 5.58. The van der Waals surface area contributed by atoms with Crippen molar-refractivity contribution in [3.8, 4) is 27.4 Å². The Morgan fingerprint density at radius 1 is 0.963 bits per heavy atom. The van der Waals surface area contributed by atoms with E-state index in [1.807, 2.05) is 54.6 Å². The first-order chi connectivity index (χ1) is 13.2. The zero-order valence-electron chi connectivity index (χ0n) is 14.4. The van der Waals surface area contributed by atoms with Gasteiger partial charge in [-0.25, -0.2) is 0 Å². The summed E-state index contributed by atoms with van der Waals surface area (Å²) in [6.45, 7) is 0. The predicted molar refractivity (Wildman–Crippen MR) is 110 cm³/mol. The highest BCUT2D eigenvalue weighted by Gasteiger charge is 2.16. The lowest BCUT2D eigenvalue weighted by Crippen LogP contribution is -1.91. The Labute approximate surface area is 165 Å². The van der Waals surface area contributed by atoms with Gasteiger partial charge in [0, 0.05) is 34.2 Å². The Hall–Kier alpha value is -2.96. The van der Waals surface area contributed by atoms with E-state index in [1.165, 1.54) is 11.3 Å². The summed E-state index contributed by atoms with van der Waals surface area (Å²) >= 11 is 7.41. The second-order valence-electron chi connectivity index (χ2n) is 5.66. The third-order valence-corrected chi connectivity index (χ3v) is 5.09. The van der Waals surface area contributed by atoms with Crippen LogP contribution in [0.25, 0.3) is 21.7 Å². The summed E-state index contributed by atoms with van der Waals surface area (Å²) in [4.78, 5) is 4.10. The Kier molecular flexibility index (Phi) is 5.00. The van der Waals surface area contributed by atoms with Crippen LogP contribution in [0.1, 0.15) is 0 Å². The number of anilines is 2. The summed E-state index contributed by atoms with van der Waals surface area (Å²) in [7, 11) is 1.66. The van der Waals surface area contributed by atoms with Crippen LogP contribution in [0.2, 0.25) is 5.02 Å². The van der Waals surface area contributed by atoms with Crippen LogP contribution in [0.15, 0.2) is 67.0 Å². The van der Waals surface area contributed by atoms with E-state index in [9.17, 15) is 0 Å². The molecule has 4 aromatic rings. The van der Waals surface area contributed by atoms with Gasteiger partial charge in [0.05, 0.1) is 7.11 Å². The van der Waals surface area contributed by atoms with Crippen LogP contribution in [0.4, 0.5) is 10.8 Å². The molecule has 0 aliphatic rings. The second kappa shape index (κ2) is 7.73. The van der Waals surface area contributed by atoms with Crippen molar-refractivity contribution in [2.75, 3.05) is 12.4 Å². The average Bonchev–Trinajstić information content (AvgIpc) is 3.18. The number of methoxy groups -OCH3 is 1. The third kappa shape index (κ3) is 3.77. The average molecular weight is 395 g/mol. The summed E-state index contributed by atoms with van der Waals surface area (Å²) in [5, 5.41) is 14.1. The maximum Gasteiger partial charge on any atom is 0.210 e. The standard InChI is InChI=1S/C20H15ClN4OS/c1-26-17-4-2-3-16(18(17)13-9-11-22-12-10-13)19-24-25-20(27-19)23-15-7-5-14(21)6-8-15/h2-12H,1H3,(H,23,25). The van der Waals surface area contributed by atoms with Crippen LogP contribution in [-0.2, 0) is 0 Å². The molecule has 27 heavy (non-hydrogen) atoms. The highest BCUT2D eigenvalue weighted by atomic mass is 35.5. The maximum absolute atomic E-state index is 5.93. The molecule has 1 N–H and O–H groups in total. The molecular weight excluding hydrogens is 380 g/mol. The maximum atomic E-state index is 5.93. The van der Waals surface area contributed by atoms with Gasteiger partial charge < -0.3 is 10.1 Å². The molecule has 0 aliphatic heterocycles. The third-order valence-electron chi connectivity index (χ3n) is 3.97. The van der Waals surface area contributed by atoms with Crippen molar-refractivity contribution in [3.63, 3.8) is 0 Å². The van der Waals surface area contributed by atoms with Crippen molar-refractivity contribution in [3.05, 3.63) is 72.0 Å². The Morgan fingerprint density at radius 3 is 2.48 bits per heavy atom. The number of benzene rings is 2. The number of nitrogens with one attached hydrogen (secondary N) is 1. The van der Waals surface area contributed by atoms with E-state index in [-0.39, 0.29) is 0 Å². The Bertz CT molecular complexity index is 1050. The van der Waals surface area contributed by atoms with Crippen molar-refractivity contribution in [2.45, 2.75) is 0 Å². The lowest BCUT2D eigenvalue weighted by molar-refractivity contribution is 0.416. The fourth-order valence-electron chi connectivity index (χ4n) is 2.74. The van der Waals surface area contributed by atoms with Crippen LogP contribution >= 0.6 is 22.9 Å². The van der Waals surface area contributed by atoms with Gasteiger partial charge in [0.15, 0.2) is 0 Å². The highest BCUT2D eigenvalue weighted by molar-refractivity contribution is 7.18. The van der Waals surface area contributed by atoms with E-state index in [0.717, 1.165) is 33.1 Å². The summed E-state index contributed by atoms with van der Waals surface area (Å²) in [5.41, 5.74) is 3.85. The molecule has 0 amide bonds. The van der Waals surface area contributed by atoms with Gasteiger partial charge in [-0.05, 0) is 48.0 Å². The molecule has 134 valence electrons. The van der Waals surface area contributed by atoms with Crippen LogP contribution < -0.4 is 10.1 Å². The topological polar surface area (TPSA) is 59.9 Å². The van der Waals surface area contributed by atoms with Gasteiger partial charge in [0.25, 0.3) is 0 Å². The van der Waals surface area contributed by atoms with Gasteiger partial charge in [0.2, 0.25) is 5.13 Å². The molecule has 0 saturated carbocycles. The number of nitrogens with zero attached hydrogens (tertiary/aromatic N) is 3. The fraction of sp³-hybridized carbons (Fsp3) is 0.0500. The van der Waals surface area contributed by atoms with Crippen LogP contribution in [0.3, 0.4) is 0 Å². The molecule has 5 nitrogen and oxygen atoms in total. The Morgan fingerprint density at radius 2 is 1.74 bits per heavy atom. The molecule has 0 bridgehead atoms. The van der Waals surface area contributed by atoms with Crippen LogP contribution in [-0.4, -0.2) is 22.3 Å². The second-order valence-corrected chi connectivity index (χ2v) is 7.08. The Balaban J connectivity index is 1.72. The van der Waals surface area contributed by atoms with E-state index >= 15 is 0 Å². The van der Waals surface area contributed by atoms with Gasteiger partial charge in [-0.15, -0.1) is 10.2 Å². The molecular formula is C20H15ClN4OS. The SMILES string of the molecule is COc1cccc(-c2nnc(Nc3ccc(Cl)cc3)s2)c1-c1ccncc1. The molecule has 0 fully saturated rings. The van der Waals surface area contributed by atoms with Crippen molar-refractivity contribution in [1.29, 1.82) is 0 Å². The molecule has 0 atom stereocenters. The van der Waals surface area contributed by atoms with Crippen LogP contribution in [0.5, 0.6) is 5.75 Å². The van der Waals surface area contributed by atoms with Gasteiger partial charge in [0.1, 0.15) is 10.8 Å². The highest BCUT2D eigenvalue weighted by Crippen LogP contribution is 2.40. The summed E-state index contributed by atoms with van der Waals surface area (Å²) in [6.07, 6.45) is 3.53. The van der Waals surface area contributed by atoms with Crippen molar-refractivity contribution >= 4 is 33.8 Å². The molecule has 0 spiro atoms. The van der Waals surface area contributed by atoms with Gasteiger partial charge >= 0.3 is 0 Å². The zero-order chi connectivity index (χ0) is 18.6. The predicted octanol–water partition coefficient (Wildman–Crippen LogP) is 5.67. The minimum Gasteiger partial charge on any atom is -0.496 e. The summed E-state index contributed by atoms with van der Waals surface area (Å²) in [5.74, 6) is 0.779. The first-order valence-electron chi connectivity index (χ1n) is 8.18. The smallest absolute Gasteiger partial charge is 0.210 e. The first-order valence-corrected chi connectivity index (χ1v) is 9.38. The van der Waals surface area contributed by atoms with Crippen LogP contribution in [0, 0.1) is 0 Å². The molecule has 4 rings (SSSR count). The largest absolute Gasteiger partial charge is 0.496 e. The molecule has 7 heteroatoms. The van der Waals surface area contributed by atoms with E-state index in [1.54, 1.807) is 19.5 Å². The summed E-state index contributed by atoms with van der Waals surface area (Å²) in [6, 6.07) is 17.3. The molecule has 0 unspecified atom stereocenters. The van der Waals surface area contributed by atoms with E-state index in [2.05, 4.69) is 20.5 Å². The van der Waals surface area contributed by atoms with Crippen molar-refractivity contribution < 1.29 is 4.74 Å².